The summed E-state index contributed by atoms with van der Waals surface area (Å²) in [5.74, 6) is -0.655. The zero-order valence-corrected chi connectivity index (χ0v) is 16.6. The van der Waals surface area contributed by atoms with E-state index in [1.54, 1.807) is 36.4 Å². The molecule has 3 aromatic carbocycles. The van der Waals surface area contributed by atoms with Crippen molar-refractivity contribution in [2.24, 2.45) is 0 Å². The Labute approximate surface area is 174 Å². The van der Waals surface area contributed by atoms with Crippen molar-refractivity contribution in [2.75, 3.05) is 16.8 Å². The van der Waals surface area contributed by atoms with Crippen LogP contribution in [0.5, 0.6) is 5.75 Å². The molecule has 0 spiro atoms. The maximum Gasteiger partial charge on any atom is 0.266 e. The number of carbonyl (C=O) groups is 3. The first kappa shape index (κ1) is 19.4. The van der Waals surface area contributed by atoms with Crippen molar-refractivity contribution in [3.8, 4) is 5.75 Å². The van der Waals surface area contributed by atoms with E-state index in [9.17, 15) is 14.4 Å². The second kappa shape index (κ2) is 7.83. The summed E-state index contributed by atoms with van der Waals surface area (Å²) in [6, 6.07) is 18.9. The first-order valence-electron chi connectivity index (χ1n) is 9.63. The van der Waals surface area contributed by atoms with Crippen LogP contribution < -0.4 is 15.0 Å². The fourth-order valence-electron chi connectivity index (χ4n) is 3.46. The lowest BCUT2D eigenvalue weighted by Gasteiger charge is -2.16. The molecule has 0 bridgehead atoms. The first-order valence-corrected chi connectivity index (χ1v) is 9.63. The van der Waals surface area contributed by atoms with Gasteiger partial charge in [0.1, 0.15) is 5.75 Å². The smallest absolute Gasteiger partial charge is 0.266 e. The third kappa shape index (κ3) is 3.33. The molecule has 0 aromatic heterocycles. The Morgan fingerprint density at radius 3 is 2.40 bits per heavy atom. The van der Waals surface area contributed by atoms with Gasteiger partial charge in [-0.05, 0) is 55.8 Å². The number of carbonyl (C=O) groups excluding carboxylic acids is 3. The number of aryl methyl sites for hydroxylation is 1. The third-order valence-electron chi connectivity index (χ3n) is 4.94. The van der Waals surface area contributed by atoms with Gasteiger partial charge in [-0.3, -0.25) is 14.4 Å². The molecular weight excluding hydrogens is 380 g/mol. The van der Waals surface area contributed by atoms with Crippen molar-refractivity contribution >= 4 is 29.1 Å². The highest BCUT2D eigenvalue weighted by Gasteiger charge is 2.37. The van der Waals surface area contributed by atoms with Gasteiger partial charge in [-0.25, -0.2) is 4.90 Å². The number of ether oxygens (including phenoxy) is 1. The van der Waals surface area contributed by atoms with E-state index in [1.807, 2.05) is 32.0 Å². The SMILES string of the molecule is CCOc1ccccc1NC(=O)c1ccc2c(c1)C(=O)N(c1ccccc1C)C2=O. The largest absolute Gasteiger partial charge is 0.492 e. The molecule has 4 rings (SSSR count). The van der Waals surface area contributed by atoms with E-state index in [2.05, 4.69) is 5.32 Å². The molecule has 30 heavy (non-hydrogen) atoms. The number of para-hydroxylation sites is 3. The van der Waals surface area contributed by atoms with Crippen LogP contribution in [0.1, 0.15) is 43.6 Å². The minimum absolute atomic E-state index is 0.217. The van der Waals surface area contributed by atoms with Gasteiger partial charge in [-0.2, -0.15) is 0 Å². The molecule has 150 valence electrons. The summed E-state index contributed by atoms with van der Waals surface area (Å²) in [6.07, 6.45) is 0. The summed E-state index contributed by atoms with van der Waals surface area (Å²) in [5, 5.41) is 2.81. The summed E-state index contributed by atoms with van der Waals surface area (Å²) in [7, 11) is 0. The van der Waals surface area contributed by atoms with E-state index in [0.29, 0.717) is 23.7 Å². The maximum absolute atomic E-state index is 13.0. The molecule has 0 radical (unpaired) electrons. The lowest BCUT2D eigenvalue weighted by Crippen LogP contribution is -2.29. The summed E-state index contributed by atoms with van der Waals surface area (Å²) >= 11 is 0. The van der Waals surface area contributed by atoms with Crippen molar-refractivity contribution in [3.63, 3.8) is 0 Å². The Morgan fingerprint density at radius 2 is 1.63 bits per heavy atom. The molecule has 1 heterocycles. The molecule has 6 heteroatoms. The van der Waals surface area contributed by atoms with Crippen molar-refractivity contribution in [1.82, 2.24) is 0 Å². The van der Waals surface area contributed by atoms with Gasteiger partial charge in [0.2, 0.25) is 0 Å². The Morgan fingerprint density at radius 1 is 0.933 bits per heavy atom. The molecule has 3 aromatic rings. The Hall–Kier alpha value is -3.93. The third-order valence-corrected chi connectivity index (χ3v) is 4.94. The zero-order valence-electron chi connectivity index (χ0n) is 16.6. The lowest BCUT2D eigenvalue weighted by molar-refractivity contribution is 0.0925. The van der Waals surface area contributed by atoms with Crippen LogP contribution in [0.4, 0.5) is 11.4 Å². The average molecular weight is 400 g/mol. The van der Waals surface area contributed by atoms with Gasteiger partial charge in [0.25, 0.3) is 17.7 Å². The zero-order chi connectivity index (χ0) is 21.3. The Kier molecular flexibility index (Phi) is 5.06. The van der Waals surface area contributed by atoms with Gasteiger partial charge >= 0.3 is 0 Å². The second-order valence-corrected chi connectivity index (χ2v) is 6.88. The molecular formula is C24H20N2O4. The lowest BCUT2D eigenvalue weighted by atomic mass is 10.1. The number of anilines is 2. The molecule has 1 aliphatic heterocycles. The van der Waals surface area contributed by atoms with Crippen LogP contribution in [0, 0.1) is 6.92 Å². The molecule has 0 aliphatic carbocycles. The summed E-state index contributed by atoms with van der Waals surface area (Å²) < 4.78 is 5.53. The number of rotatable bonds is 5. The van der Waals surface area contributed by atoms with E-state index < -0.39 is 11.8 Å². The molecule has 0 fully saturated rings. The maximum atomic E-state index is 13.0. The van der Waals surface area contributed by atoms with Crippen LogP contribution in [0.15, 0.2) is 66.7 Å². The Balaban J connectivity index is 1.64. The molecule has 3 amide bonds. The number of imide groups is 1. The van der Waals surface area contributed by atoms with Crippen molar-refractivity contribution < 1.29 is 19.1 Å². The predicted molar refractivity (Wildman–Crippen MR) is 114 cm³/mol. The number of amides is 3. The molecule has 0 unspecified atom stereocenters. The highest BCUT2D eigenvalue weighted by Crippen LogP contribution is 2.31. The van der Waals surface area contributed by atoms with Crippen LogP contribution in [0.3, 0.4) is 0 Å². The van der Waals surface area contributed by atoms with Crippen molar-refractivity contribution in [3.05, 3.63) is 89.0 Å². The molecule has 1 aliphatic rings. The van der Waals surface area contributed by atoms with Crippen LogP contribution in [-0.4, -0.2) is 24.3 Å². The molecule has 1 N–H and O–H groups in total. The first-order chi connectivity index (χ1) is 14.5. The van der Waals surface area contributed by atoms with Gasteiger partial charge in [-0.15, -0.1) is 0 Å². The fourth-order valence-corrected chi connectivity index (χ4v) is 3.46. The molecule has 0 atom stereocenters. The minimum Gasteiger partial charge on any atom is -0.492 e. The van der Waals surface area contributed by atoms with E-state index in [0.717, 1.165) is 10.5 Å². The van der Waals surface area contributed by atoms with E-state index in [4.69, 9.17) is 4.74 Å². The highest BCUT2D eigenvalue weighted by molar-refractivity contribution is 6.35. The van der Waals surface area contributed by atoms with Crippen LogP contribution in [0.25, 0.3) is 0 Å². The van der Waals surface area contributed by atoms with E-state index in [-0.39, 0.29) is 22.6 Å². The van der Waals surface area contributed by atoms with Crippen LogP contribution in [0.2, 0.25) is 0 Å². The van der Waals surface area contributed by atoms with Gasteiger partial charge in [-0.1, -0.05) is 30.3 Å². The fraction of sp³-hybridized carbons (Fsp3) is 0.125. The van der Waals surface area contributed by atoms with Crippen LogP contribution >= 0.6 is 0 Å². The minimum atomic E-state index is -0.436. The number of nitrogens with zero attached hydrogens (tertiary/aromatic N) is 1. The van der Waals surface area contributed by atoms with Crippen molar-refractivity contribution in [1.29, 1.82) is 0 Å². The highest BCUT2D eigenvalue weighted by atomic mass is 16.5. The predicted octanol–water partition coefficient (Wildman–Crippen LogP) is 4.45. The van der Waals surface area contributed by atoms with E-state index in [1.165, 1.54) is 12.1 Å². The van der Waals surface area contributed by atoms with E-state index >= 15 is 0 Å². The van der Waals surface area contributed by atoms with Gasteiger partial charge in [0, 0.05) is 5.56 Å². The number of hydrogen-bond acceptors (Lipinski definition) is 4. The number of benzene rings is 3. The summed E-state index contributed by atoms with van der Waals surface area (Å²) in [6.45, 7) is 4.17. The molecule has 0 saturated heterocycles. The standard InChI is InChI=1S/C24H20N2O4/c1-3-30-21-11-7-5-9-19(21)25-22(27)16-12-13-17-18(14-16)24(29)26(23(17)28)20-10-6-4-8-15(20)2/h4-14H,3H2,1-2H3,(H,25,27). The van der Waals surface area contributed by atoms with Gasteiger partial charge in [0.05, 0.1) is 29.1 Å². The number of hydrogen-bond donors (Lipinski definition) is 1. The number of nitrogens with one attached hydrogen (secondary N) is 1. The van der Waals surface area contributed by atoms with Gasteiger partial charge in [0.15, 0.2) is 0 Å². The summed E-state index contributed by atoms with van der Waals surface area (Å²) in [4.78, 5) is 39.8. The average Bonchev–Trinajstić information content (AvgIpc) is 3.00. The second-order valence-electron chi connectivity index (χ2n) is 6.88. The van der Waals surface area contributed by atoms with Crippen molar-refractivity contribution in [2.45, 2.75) is 13.8 Å². The quantitative estimate of drug-likeness (QED) is 0.642. The van der Waals surface area contributed by atoms with Gasteiger partial charge < -0.3 is 10.1 Å². The number of fused-ring (bicyclic) bond motifs is 1. The molecule has 0 saturated carbocycles. The summed E-state index contributed by atoms with van der Waals surface area (Å²) in [5.41, 5.74) is 2.68. The van der Waals surface area contributed by atoms with Crippen LogP contribution in [-0.2, 0) is 0 Å². The normalized spacial score (nSPS) is 12.7. The Bertz CT molecular complexity index is 1170. The topological polar surface area (TPSA) is 75.7 Å². The monoisotopic (exact) mass is 400 g/mol. The molecule has 6 nitrogen and oxygen atoms in total.